The summed E-state index contributed by atoms with van der Waals surface area (Å²) in [6.45, 7) is 5.73. The van der Waals surface area contributed by atoms with Crippen molar-refractivity contribution in [2.24, 2.45) is 5.92 Å². The van der Waals surface area contributed by atoms with Gasteiger partial charge in [0.25, 0.3) is 10.0 Å². The number of amides is 1. The fourth-order valence-corrected chi connectivity index (χ4v) is 5.52. The molecule has 1 fully saturated rings. The molecule has 1 aliphatic rings. The van der Waals surface area contributed by atoms with Crippen molar-refractivity contribution in [3.8, 4) is 5.75 Å². The molecule has 0 spiro atoms. The summed E-state index contributed by atoms with van der Waals surface area (Å²) >= 11 is 0. The third kappa shape index (κ3) is 6.12. The molecule has 2 heterocycles. The van der Waals surface area contributed by atoms with Gasteiger partial charge in [0.15, 0.2) is 11.6 Å². The van der Waals surface area contributed by atoms with Gasteiger partial charge < -0.3 is 14.4 Å². The van der Waals surface area contributed by atoms with Crippen molar-refractivity contribution in [2.75, 3.05) is 19.7 Å². The Kier molecular flexibility index (Phi) is 7.73. The van der Waals surface area contributed by atoms with E-state index in [0.29, 0.717) is 29.2 Å². The molecule has 3 aromatic rings. The van der Waals surface area contributed by atoms with Crippen LogP contribution in [0.25, 0.3) is 0 Å². The summed E-state index contributed by atoms with van der Waals surface area (Å²) < 4.78 is 80.0. The first-order valence-corrected chi connectivity index (χ1v) is 13.4. The van der Waals surface area contributed by atoms with Gasteiger partial charge in [0.2, 0.25) is 0 Å². The Bertz CT molecular complexity index is 1390. The molecule has 1 amide bonds. The average Bonchev–Trinajstić information content (AvgIpc) is 3.40. The summed E-state index contributed by atoms with van der Waals surface area (Å²) in [6.07, 6.45) is 2.31. The van der Waals surface area contributed by atoms with Gasteiger partial charge in [0, 0.05) is 37.3 Å². The van der Waals surface area contributed by atoms with Crippen LogP contribution in [0.1, 0.15) is 38.7 Å². The van der Waals surface area contributed by atoms with Crippen LogP contribution in [0, 0.1) is 23.4 Å². The SMILES string of the molecule is CC(C)(C)OC(=O)N1CC[C@@H](c2ccc(F)cc2)[C@H](COc2cc(F)c(S(=O)(=O)n3cccn3)cc2F)C1. The molecule has 12 heteroatoms. The zero-order valence-corrected chi connectivity index (χ0v) is 21.9. The van der Waals surface area contributed by atoms with Crippen LogP contribution in [0.5, 0.6) is 5.75 Å². The highest BCUT2D eigenvalue weighted by Gasteiger charge is 2.35. The molecule has 0 N–H and O–H groups in total. The number of carbonyl (C=O) groups is 1. The highest BCUT2D eigenvalue weighted by Crippen LogP contribution is 2.35. The second-order valence-corrected chi connectivity index (χ2v) is 11.8. The van der Waals surface area contributed by atoms with Crippen molar-refractivity contribution in [1.82, 2.24) is 14.1 Å². The van der Waals surface area contributed by atoms with E-state index >= 15 is 0 Å². The molecule has 2 aromatic carbocycles. The van der Waals surface area contributed by atoms with Gasteiger partial charge in [-0.1, -0.05) is 12.1 Å². The molecule has 204 valence electrons. The van der Waals surface area contributed by atoms with Crippen molar-refractivity contribution in [3.63, 3.8) is 0 Å². The van der Waals surface area contributed by atoms with E-state index in [9.17, 15) is 26.4 Å². The van der Waals surface area contributed by atoms with Crippen LogP contribution in [0.15, 0.2) is 59.8 Å². The van der Waals surface area contributed by atoms with Gasteiger partial charge >= 0.3 is 6.09 Å². The molecule has 4 rings (SSSR count). The van der Waals surface area contributed by atoms with E-state index in [1.54, 1.807) is 32.9 Å². The predicted octanol–water partition coefficient (Wildman–Crippen LogP) is 4.96. The molecule has 1 saturated heterocycles. The zero-order valence-electron chi connectivity index (χ0n) is 21.1. The van der Waals surface area contributed by atoms with Crippen LogP contribution >= 0.6 is 0 Å². The van der Waals surface area contributed by atoms with E-state index in [2.05, 4.69) is 5.10 Å². The van der Waals surface area contributed by atoms with Crippen LogP contribution in [0.3, 0.4) is 0 Å². The van der Waals surface area contributed by atoms with Crippen molar-refractivity contribution in [1.29, 1.82) is 0 Å². The first kappa shape index (κ1) is 27.5. The normalized spacial score (nSPS) is 18.3. The number of ether oxygens (including phenoxy) is 2. The van der Waals surface area contributed by atoms with E-state index in [1.807, 2.05) is 0 Å². The fraction of sp³-hybridized carbons (Fsp3) is 0.385. The van der Waals surface area contributed by atoms with E-state index in [0.717, 1.165) is 11.8 Å². The van der Waals surface area contributed by atoms with E-state index in [-0.39, 0.29) is 25.0 Å². The Morgan fingerprint density at radius 3 is 2.45 bits per heavy atom. The number of hydrogen-bond donors (Lipinski definition) is 0. The minimum atomic E-state index is -4.43. The highest BCUT2D eigenvalue weighted by molar-refractivity contribution is 7.89. The van der Waals surface area contributed by atoms with Gasteiger partial charge in [-0.3, -0.25) is 0 Å². The first-order valence-electron chi connectivity index (χ1n) is 12.0. The Balaban J connectivity index is 1.56. The lowest BCUT2D eigenvalue weighted by atomic mass is 9.81. The van der Waals surface area contributed by atoms with Gasteiger partial charge in [-0.2, -0.15) is 17.6 Å². The van der Waals surface area contributed by atoms with Crippen molar-refractivity contribution in [2.45, 2.75) is 43.6 Å². The third-order valence-corrected chi connectivity index (χ3v) is 7.70. The molecule has 0 unspecified atom stereocenters. The minimum absolute atomic E-state index is 0.122. The van der Waals surface area contributed by atoms with Gasteiger partial charge in [-0.15, -0.1) is 0 Å². The third-order valence-electron chi connectivity index (χ3n) is 6.13. The maximum atomic E-state index is 14.9. The quantitative estimate of drug-likeness (QED) is 0.430. The van der Waals surface area contributed by atoms with Crippen LogP contribution in [0.2, 0.25) is 0 Å². The van der Waals surface area contributed by atoms with Crippen LogP contribution in [-0.4, -0.2) is 53.9 Å². The molecule has 2 atom stereocenters. The Labute approximate surface area is 219 Å². The number of hydrogen-bond acceptors (Lipinski definition) is 6. The number of benzene rings is 2. The van der Waals surface area contributed by atoms with Crippen LogP contribution < -0.4 is 4.74 Å². The molecule has 0 radical (unpaired) electrons. The van der Waals surface area contributed by atoms with Gasteiger partial charge in [-0.25, -0.2) is 18.0 Å². The molecule has 1 aliphatic heterocycles. The zero-order chi connectivity index (χ0) is 27.7. The van der Waals surface area contributed by atoms with Crippen LogP contribution in [-0.2, 0) is 14.8 Å². The molecule has 0 bridgehead atoms. The number of likely N-dealkylation sites (tertiary alicyclic amines) is 1. The lowest BCUT2D eigenvalue weighted by molar-refractivity contribution is 0.0110. The van der Waals surface area contributed by atoms with Crippen molar-refractivity contribution < 1.29 is 35.9 Å². The summed E-state index contributed by atoms with van der Waals surface area (Å²) in [6, 6.07) is 8.52. The van der Waals surface area contributed by atoms with Crippen LogP contribution in [0.4, 0.5) is 18.0 Å². The monoisotopic (exact) mass is 551 g/mol. The minimum Gasteiger partial charge on any atom is -0.490 e. The first-order chi connectivity index (χ1) is 17.8. The van der Waals surface area contributed by atoms with Gasteiger partial charge in [0.05, 0.1) is 12.8 Å². The van der Waals surface area contributed by atoms with E-state index < -0.39 is 49.8 Å². The predicted molar refractivity (Wildman–Crippen MR) is 132 cm³/mol. The molecular formula is C26H28F3N3O5S. The lowest BCUT2D eigenvalue weighted by Gasteiger charge is -2.39. The number of carbonyl (C=O) groups excluding carboxylic acids is 1. The summed E-state index contributed by atoms with van der Waals surface area (Å²) in [5.74, 6) is -3.69. The molecule has 8 nitrogen and oxygen atoms in total. The lowest BCUT2D eigenvalue weighted by Crippen LogP contribution is -2.46. The number of rotatable bonds is 6. The smallest absolute Gasteiger partial charge is 0.410 e. The molecule has 1 aromatic heterocycles. The Morgan fingerprint density at radius 2 is 1.82 bits per heavy atom. The average molecular weight is 552 g/mol. The van der Waals surface area contributed by atoms with Crippen molar-refractivity contribution in [3.05, 3.63) is 77.9 Å². The second-order valence-electron chi connectivity index (χ2n) is 10.0. The Hall–Kier alpha value is -3.54. The van der Waals surface area contributed by atoms with Gasteiger partial charge in [-0.05, 0) is 56.9 Å². The maximum absolute atomic E-state index is 14.9. The number of aromatic nitrogens is 2. The molecule has 38 heavy (non-hydrogen) atoms. The van der Waals surface area contributed by atoms with E-state index in [4.69, 9.17) is 9.47 Å². The number of nitrogens with zero attached hydrogens (tertiary/aromatic N) is 3. The maximum Gasteiger partial charge on any atom is 0.410 e. The molecule has 0 aliphatic carbocycles. The summed E-state index contributed by atoms with van der Waals surface area (Å²) in [5, 5.41) is 3.58. The second kappa shape index (κ2) is 10.7. The number of piperidine rings is 1. The van der Waals surface area contributed by atoms with Crippen molar-refractivity contribution >= 4 is 16.1 Å². The Morgan fingerprint density at radius 1 is 1.11 bits per heavy atom. The van der Waals surface area contributed by atoms with Gasteiger partial charge in [0.1, 0.15) is 22.1 Å². The highest BCUT2D eigenvalue weighted by atomic mass is 32.2. The number of halogens is 3. The largest absolute Gasteiger partial charge is 0.490 e. The summed E-state index contributed by atoms with van der Waals surface area (Å²) in [7, 11) is -4.43. The van der Waals surface area contributed by atoms with E-state index in [1.165, 1.54) is 29.3 Å². The standard InChI is InChI=1S/C26H28F3N3O5S/c1-26(2,3)37-25(33)31-12-9-20(17-5-7-19(27)8-6-17)18(15-31)16-36-23-13-22(29)24(14-21(23)28)38(34,35)32-11-4-10-30-32/h4-8,10-11,13-14,18,20H,9,12,15-16H2,1-3H3/t18-,20-/m0/s1. The fourth-order valence-electron chi connectivity index (χ4n) is 4.36. The summed E-state index contributed by atoms with van der Waals surface area (Å²) in [4.78, 5) is 13.3. The molecule has 0 saturated carbocycles. The topological polar surface area (TPSA) is 90.7 Å². The summed E-state index contributed by atoms with van der Waals surface area (Å²) in [5.41, 5.74) is 0.117. The molecular weight excluding hydrogens is 523 g/mol.